The highest BCUT2D eigenvalue weighted by Gasteiger charge is 2.10. The first-order valence-electron chi connectivity index (χ1n) is 9.79. The number of benzene rings is 3. The molecule has 0 amide bonds. The predicted molar refractivity (Wildman–Crippen MR) is 114 cm³/mol. The van der Waals surface area contributed by atoms with Gasteiger partial charge in [0.15, 0.2) is 0 Å². The molecule has 0 saturated carbocycles. The second-order valence-corrected chi connectivity index (χ2v) is 6.79. The van der Waals surface area contributed by atoms with E-state index in [1.54, 1.807) is 31.4 Å². The monoisotopic (exact) mass is 390 g/mol. The average Bonchev–Trinajstić information content (AvgIpc) is 2.78. The molecule has 4 heteroatoms. The van der Waals surface area contributed by atoms with Crippen LogP contribution >= 0.6 is 0 Å². The van der Waals surface area contributed by atoms with Crippen LogP contribution in [0.3, 0.4) is 0 Å². The van der Waals surface area contributed by atoms with Gasteiger partial charge in [0.05, 0.1) is 18.3 Å². The fraction of sp³-hybridized carbons (Fsp3) is 0.240. The van der Waals surface area contributed by atoms with Crippen molar-refractivity contribution in [1.29, 1.82) is 0 Å². The number of esters is 1. The molecule has 4 nitrogen and oxygen atoms in total. The summed E-state index contributed by atoms with van der Waals surface area (Å²) in [6.45, 7) is 4.76. The van der Waals surface area contributed by atoms with Crippen molar-refractivity contribution in [2.75, 3.05) is 13.7 Å². The molecule has 0 N–H and O–H groups in total. The third-order valence-corrected chi connectivity index (χ3v) is 4.69. The first-order chi connectivity index (χ1) is 14.1. The second kappa shape index (κ2) is 9.89. The summed E-state index contributed by atoms with van der Waals surface area (Å²) in [4.78, 5) is 12.4. The Morgan fingerprint density at radius 2 is 1.38 bits per heavy atom. The number of carbonyl (C=O) groups excluding carboxylic acids is 1. The fourth-order valence-corrected chi connectivity index (χ4v) is 2.87. The zero-order valence-electron chi connectivity index (χ0n) is 17.1. The third-order valence-electron chi connectivity index (χ3n) is 4.69. The van der Waals surface area contributed by atoms with E-state index in [1.165, 1.54) is 0 Å². The zero-order valence-corrected chi connectivity index (χ0v) is 17.1. The van der Waals surface area contributed by atoms with Crippen molar-refractivity contribution < 1.29 is 19.0 Å². The van der Waals surface area contributed by atoms with Crippen LogP contribution in [-0.2, 0) is 4.74 Å². The lowest BCUT2D eigenvalue weighted by molar-refractivity contribution is 0.0734. The summed E-state index contributed by atoms with van der Waals surface area (Å²) in [6, 6.07) is 22.7. The van der Waals surface area contributed by atoms with Gasteiger partial charge in [-0.3, -0.25) is 0 Å². The molecule has 0 fully saturated rings. The molecule has 0 aromatic heterocycles. The van der Waals surface area contributed by atoms with Gasteiger partial charge < -0.3 is 14.2 Å². The van der Waals surface area contributed by atoms with Gasteiger partial charge in [0.1, 0.15) is 11.5 Å². The minimum absolute atomic E-state index is 0.000399. The quantitative estimate of drug-likeness (QED) is 0.346. The van der Waals surface area contributed by atoms with E-state index in [-0.39, 0.29) is 12.1 Å². The standard InChI is InChI=1S/C25H26O4/c1-4-17-28-23-13-11-21(12-14-23)20-5-7-22(8-6-20)25(26)29-24-15-9-19(10-16-24)18(2)27-3/h5-16,18H,4,17H2,1-3H3. The van der Waals surface area contributed by atoms with Crippen molar-refractivity contribution in [3.63, 3.8) is 0 Å². The predicted octanol–water partition coefficient (Wildman–Crippen LogP) is 6.07. The zero-order chi connectivity index (χ0) is 20.6. The average molecular weight is 390 g/mol. The van der Waals surface area contributed by atoms with Gasteiger partial charge in [0.2, 0.25) is 0 Å². The highest BCUT2D eigenvalue weighted by Crippen LogP contribution is 2.24. The second-order valence-electron chi connectivity index (χ2n) is 6.79. The van der Waals surface area contributed by atoms with Crippen LogP contribution in [0.5, 0.6) is 11.5 Å². The van der Waals surface area contributed by atoms with Crippen LogP contribution in [0.4, 0.5) is 0 Å². The van der Waals surface area contributed by atoms with Crippen LogP contribution in [0.1, 0.15) is 42.3 Å². The lowest BCUT2D eigenvalue weighted by Gasteiger charge is -2.11. The summed E-state index contributed by atoms with van der Waals surface area (Å²) in [6.07, 6.45) is 0.981. The summed E-state index contributed by atoms with van der Waals surface area (Å²) < 4.78 is 16.4. The summed E-state index contributed by atoms with van der Waals surface area (Å²) in [5.74, 6) is 0.989. The smallest absolute Gasteiger partial charge is 0.343 e. The van der Waals surface area contributed by atoms with E-state index >= 15 is 0 Å². The van der Waals surface area contributed by atoms with Crippen LogP contribution in [0.15, 0.2) is 72.8 Å². The Morgan fingerprint density at radius 1 is 0.828 bits per heavy atom. The van der Waals surface area contributed by atoms with Crippen LogP contribution in [0, 0.1) is 0 Å². The Hall–Kier alpha value is -3.11. The van der Waals surface area contributed by atoms with E-state index in [4.69, 9.17) is 14.2 Å². The Balaban J connectivity index is 1.64. The SMILES string of the molecule is CCCOc1ccc(-c2ccc(C(=O)Oc3ccc(C(C)OC)cc3)cc2)cc1. The van der Waals surface area contributed by atoms with Crippen molar-refractivity contribution in [2.24, 2.45) is 0 Å². The number of ether oxygens (including phenoxy) is 3. The highest BCUT2D eigenvalue weighted by molar-refractivity contribution is 5.91. The molecule has 0 saturated heterocycles. The van der Waals surface area contributed by atoms with Gasteiger partial charge in [-0.25, -0.2) is 4.79 Å². The first-order valence-corrected chi connectivity index (χ1v) is 9.79. The minimum atomic E-state index is -0.382. The van der Waals surface area contributed by atoms with E-state index in [2.05, 4.69) is 6.92 Å². The maximum atomic E-state index is 12.4. The van der Waals surface area contributed by atoms with Crippen molar-refractivity contribution >= 4 is 5.97 Å². The molecule has 3 aromatic carbocycles. The molecule has 0 spiro atoms. The Kier molecular flexibility index (Phi) is 7.04. The summed E-state index contributed by atoms with van der Waals surface area (Å²) in [5.41, 5.74) is 3.63. The van der Waals surface area contributed by atoms with E-state index in [0.717, 1.165) is 28.9 Å². The Labute approximate surface area is 172 Å². The molecule has 1 unspecified atom stereocenters. The van der Waals surface area contributed by atoms with Crippen molar-refractivity contribution in [1.82, 2.24) is 0 Å². The van der Waals surface area contributed by atoms with Crippen LogP contribution in [0.25, 0.3) is 11.1 Å². The van der Waals surface area contributed by atoms with Crippen molar-refractivity contribution in [2.45, 2.75) is 26.4 Å². The van der Waals surface area contributed by atoms with E-state index < -0.39 is 0 Å². The molecular weight excluding hydrogens is 364 g/mol. The summed E-state index contributed by atoms with van der Waals surface area (Å²) in [7, 11) is 1.66. The van der Waals surface area contributed by atoms with Gasteiger partial charge in [-0.2, -0.15) is 0 Å². The lowest BCUT2D eigenvalue weighted by Crippen LogP contribution is -2.08. The molecule has 1 atom stereocenters. The molecule has 0 radical (unpaired) electrons. The number of rotatable bonds is 8. The molecule has 0 aliphatic heterocycles. The largest absolute Gasteiger partial charge is 0.494 e. The van der Waals surface area contributed by atoms with E-state index in [9.17, 15) is 4.79 Å². The van der Waals surface area contributed by atoms with Gasteiger partial charge in [0, 0.05) is 7.11 Å². The maximum Gasteiger partial charge on any atom is 0.343 e. The molecular formula is C25H26O4. The molecule has 150 valence electrons. The van der Waals surface area contributed by atoms with Crippen molar-refractivity contribution in [3.05, 3.63) is 83.9 Å². The van der Waals surface area contributed by atoms with E-state index in [1.807, 2.05) is 55.5 Å². The van der Waals surface area contributed by atoms with Gasteiger partial charge in [-0.1, -0.05) is 43.3 Å². The number of carbonyl (C=O) groups is 1. The Morgan fingerprint density at radius 3 is 1.93 bits per heavy atom. The first kappa shape index (κ1) is 20.6. The van der Waals surface area contributed by atoms with Crippen molar-refractivity contribution in [3.8, 4) is 22.6 Å². The molecule has 29 heavy (non-hydrogen) atoms. The number of methoxy groups -OCH3 is 1. The van der Waals surface area contributed by atoms with Gasteiger partial charge >= 0.3 is 5.97 Å². The van der Waals surface area contributed by atoms with Gasteiger partial charge in [-0.15, -0.1) is 0 Å². The lowest BCUT2D eigenvalue weighted by atomic mass is 10.0. The van der Waals surface area contributed by atoms with E-state index in [0.29, 0.717) is 17.9 Å². The van der Waals surface area contributed by atoms with Crippen LogP contribution in [0.2, 0.25) is 0 Å². The molecule has 0 heterocycles. The summed E-state index contributed by atoms with van der Waals surface area (Å²) >= 11 is 0. The fourth-order valence-electron chi connectivity index (χ4n) is 2.87. The molecule has 0 aliphatic carbocycles. The normalized spacial score (nSPS) is 11.7. The van der Waals surface area contributed by atoms with Gasteiger partial charge in [0.25, 0.3) is 0 Å². The van der Waals surface area contributed by atoms with Gasteiger partial charge in [-0.05, 0) is 66.4 Å². The van der Waals surface area contributed by atoms with Crippen LogP contribution < -0.4 is 9.47 Å². The topological polar surface area (TPSA) is 44.8 Å². The molecule has 3 rings (SSSR count). The third kappa shape index (κ3) is 5.46. The maximum absolute atomic E-state index is 12.4. The Bertz CT molecular complexity index is 913. The number of hydrogen-bond donors (Lipinski definition) is 0. The van der Waals surface area contributed by atoms with Crippen LogP contribution in [-0.4, -0.2) is 19.7 Å². The summed E-state index contributed by atoms with van der Waals surface area (Å²) in [5, 5.41) is 0. The molecule has 0 bridgehead atoms. The minimum Gasteiger partial charge on any atom is -0.494 e. The molecule has 3 aromatic rings. The molecule has 0 aliphatic rings. The highest BCUT2D eigenvalue weighted by atomic mass is 16.5. The number of hydrogen-bond acceptors (Lipinski definition) is 4.